The lowest BCUT2D eigenvalue weighted by Crippen LogP contribution is -2.21. The summed E-state index contributed by atoms with van der Waals surface area (Å²) >= 11 is 11.7. The van der Waals surface area contributed by atoms with Crippen molar-refractivity contribution in [1.82, 2.24) is 14.3 Å². The molecule has 0 amide bonds. The molecule has 0 saturated heterocycles. The molecule has 7 heteroatoms. The van der Waals surface area contributed by atoms with Crippen LogP contribution >= 0.6 is 23.2 Å². The Bertz CT molecular complexity index is 582. The van der Waals surface area contributed by atoms with Crippen LogP contribution < -0.4 is 11.4 Å². The molecule has 0 radical (unpaired) electrons. The molecule has 2 N–H and O–H groups in total. The molecule has 2 rings (SSSR count). The fourth-order valence-electron chi connectivity index (χ4n) is 1.39. The molecule has 1 aromatic heterocycles. The monoisotopic (exact) mass is 258 g/mol. The Kier molecular flexibility index (Phi) is 2.65. The maximum Gasteiger partial charge on any atom is 0.351 e. The minimum atomic E-state index is -0.351. The van der Waals surface area contributed by atoms with Crippen molar-refractivity contribution in [3.8, 4) is 5.69 Å². The second-order valence-electron chi connectivity index (χ2n) is 3.23. The van der Waals surface area contributed by atoms with E-state index in [4.69, 9.17) is 28.9 Å². The van der Waals surface area contributed by atoms with Crippen LogP contribution in [-0.2, 0) is 7.05 Å². The van der Waals surface area contributed by atoms with Gasteiger partial charge in [-0.3, -0.25) is 0 Å². The van der Waals surface area contributed by atoms with E-state index in [-0.39, 0.29) is 11.6 Å². The number of benzene rings is 1. The van der Waals surface area contributed by atoms with Gasteiger partial charge in [-0.15, -0.1) is 5.10 Å². The summed E-state index contributed by atoms with van der Waals surface area (Å²) in [7, 11) is 1.52. The van der Waals surface area contributed by atoms with Crippen molar-refractivity contribution in [1.29, 1.82) is 0 Å². The third-order valence-corrected chi connectivity index (χ3v) is 2.49. The molecule has 0 unspecified atom stereocenters. The van der Waals surface area contributed by atoms with E-state index < -0.39 is 0 Å². The Morgan fingerprint density at radius 1 is 1.25 bits per heavy atom. The molecule has 0 fully saturated rings. The van der Waals surface area contributed by atoms with Gasteiger partial charge >= 0.3 is 5.69 Å². The van der Waals surface area contributed by atoms with Crippen LogP contribution in [0, 0.1) is 0 Å². The summed E-state index contributed by atoms with van der Waals surface area (Å²) in [5.41, 5.74) is 5.76. The zero-order valence-electron chi connectivity index (χ0n) is 8.32. The van der Waals surface area contributed by atoms with Gasteiger partial charge in [0, 0.05) is 17.1 Å². The van der Waals surface area contributed by atoms with Crippen LogP contribution in [0.4, 0.5) is 5.95 Å². The molecule has 1 heterocycles. The van der Waals surface area contributed by atoms with Gasteiger partial charge in [0.25, 0.3) is 0 Å². The van der Waals surface area contributed by atoms with Gasteiger partial charge in [-0.1, -0.05) is 23.2 Å². The molecular weight excluding hydrogens is 251 g/mol. The van der Waals surface area contributed by atoms with Gasteiger partial charge in [-0.25, -0.2) is 14.0 Å². The molecule has 5 nitrogen and oxygen atoms in total. The molecule has 84 valence electrons. The summed E-state index contributed by atoms with van der Waals surface area (Å²) in [6.45, 7) is 0. The van der Waals surface area contributed by atoms with Crippen molar-refractivity contribution in [2.45, 2.75) is 0 Å². The Morgan fingerprint density at radius 2 is 1.81 bits per heavy atom. The normalized spacial score (nSPS) is 10.7. The average molecular weight is 259 g/mol. The van der Waals surface area contributed by atoms with Gasteiger partial charge in [0.1, 0.15) is 0 Å². The number of hydrogen-bond donors (Lipinski definition) is 1. The van der Waals surface area contributed by atoms with Crippen molar-refractivity contribution in [2.75, 3.05) is 5.73 Å². The number of nitrogens with two attached hydrogens (primary N) is 1. The van der Waals surface area contributed by atoms with Gasteiger partial charge in [0.2, 0.25) is 5.95 Å². The fraction of sp³-hybridized carbons (Fsp3) is 0.111. The van der Waals surface area contributed by atoms with E-state index in [2.05, 4.69) is 5.10 Å². The van der Waals surface area contributed by atoms with E-state index in [1.165, 1.54) is 11.6 Å². The standard InChI is InChI=1S/C9H8Cl2N4O/c1-14-9(16)15(8(12)13-14)7-3-5(10)2-6(11)4-7/h2-4H,1H3,(H2,12,13). The lowest BCUT2D eigenvalue weighted by molar-refractivity contribution is 0.727. The Hall–Kier alpha value is -1.46. The minimum absolute atomic E-state index is 0.0887. The number of aromatic nitrogens is 3. The third kappa shape index (κ3) is 1.79. The molecule has 1 aromatic carbocycles. The van der Waals surface area contributed by atoms with Crippen LogP contribution in [0.25, 0.3) is 5.69 Å². The topological polar surface area (TPSA) is 65.8 Å². The summed E-state index contributed by atoms with van der Waals surface area (Å²) in [6.07, 6.45) is 0. The van der Waals surface area contributed by atoms with Gasteiger partial charge < -0.3 is 5.73 Å². The zero-order chi connectivity index (χ0) is 11.9. The molecule has 0 atom stereocenters. The van der Waals surface area contributed by atoms with E-state index in [0.29, 0.717) is 15.7 Å². The zero-order valence-corrected chi connectivity index (χ0v) is 9.83. The van der Waals surface area contributed by atoms with E-state index in [1.54, 1.807) is 18.2 Å². The van der Waals surface area contributed by atoms with E-state index in [0.717, 1.165) is 4.68 Å². The van der Waals surface area contributed by atoms with E-state index in [1.807, 2.05) is 0 Å². The summed E-state index contributed by atoms with van der Waals surface area (Å²) in [5.74, 6) is 0.0887. The predicted octanol–water partition coefficient (Wildman–Crippen LogP) is 1.46. The lowest BCUT2D eigenvalue weighted by atomic mass is 10.3. The van der Waals surface area contributed by atoms with Crippen molar-refractivity contribution in [3.63, 3.8) is 0 Å². The summed E-state index contributed by atoms with van der Waals surface area (Å²) < 4.78 is 2.38. The SMILES string of the molecule is Cn1nc(N)n(-c2cc(Cl)cc(Cl)c2)c1=O. The van der Waals surface area contributed by atoms with Crippen LogP contribution in [0.3, 0.4) is 0 Å². The molecule has 0 spiro atoms. The number of hydrogen-bond acceptors (Lipinski definition) is 3. The predicted molar refractivity (Wildman–Crippen MR) is 63.2 cm³/mol. The molecule has 0 aliphatic heterocycles. The van der Waals surface area contributed by atoms with Crippen LogP contribution in [0.5, 0.6) is 0 Å². The van der Waals surface area contributed by atoms with Crippen molar-refractivity contribution < 1.29 is 0 Å². The first-order valence-electron chi connectivity index (χ1n) is 4.37. The lowest BCUT2D eigenvalue weighted by Gasteiger charge is -2.03. The third-order valence-electron chi connectivity index (χ3n) is 2.06. The quantitative estimate of drug-likeness (QED) is 0.843. The van der Waals surface area contributed by atoms with E-state index in [9.17, 15) is 4.79 Å². The van der Waals surface area contributed by atoms with E-state index >= 15 is 0 Å². The first kappa shape index (κ1) is 11.0. The molecule has 2 aromatic rings. The van der Waals surface area contributed by atoms with Crippen LogP contribution in [0.2, 0.25) is 10.0 Å². The molecule has 0 aliphatic carbocycles. The number of halogens is 2. The first-order valence-corrected chi connectivity index (χ1v) is 5.12. The van der Waals surface area contributed by atoms with Crippen LogP contribution in [0.1, 0.15) is 0 Å². The Morgan fingerprint density at radius 3 is 2.25 bits per heavy atom. The number of nitrogen functional groups attached to an aromatic ring is 1. The Labute approximate surface area is 101 Å². The highest BCUT2D eigenvalue weighted by Gasteiger charge is 2.11. The molecule has 0 saturated carbocycles. The van der Waals surface area contributed by atoms with Crippen LogP contribution in [-0.4, -0.2) is 14.3 Å². The summed E-state index contributed by atoms with van der Waals surface area (Å²) in [6, 6.07) is 4.75. The number of anilines is 1. The highest BCUT2D eigenvalue weighted by Crippen LogP contribution is 2.21. The average Bonchev–Trinajstić information content (AvgIpc) is 2.39. The molecule has 16 heavy (non-hydrogen) atoms. The molecule has 0 bridgehead atoms. The van der Waals surface area contributed by atoms with Gasteiger partial charge in [-0.05, 0) is 18.2 Å². The highest BCUT2D eigenvalue weighted by molar-refractivity contribution is 6.34. The minimum Gasteiger partial charge on any atom is -0.368 e. The summed E-state index contributed by atoms with van der Waals surface area (Å²) in [4.78, 5) is 11.7. The van der Waals surface area contributed by atoms with Crippen LogP contribution in [0.15, 0.2) is 23.0 Å². The fourth-order valence-corrected chi connectivity index (χ4v) is 1.91. The number of aryl methyl sites for hydroxylation is 1. The largest absolute Gasteiger partial charge is 0.368 e. The van der Waals surface area contributed by atoms with Crippen molar-refractivity contribution in [3.05, 3.63) is 38.7 Å². The molecule has 0 aliphatic rings. The smallest absolute Gasteiger partial charge is 0.351 e. The first-order chi connectivity index (χ1) is 7.49. The summed E-state index contributed by atoms with van der Waals surface area (Å²) in [5, 5.41) is 4.66. The molecular formula is C9H8Cl2N4O. The number of rotatable bonds is 1. The van der Waals surface area contributed by atoms with Gasteiger partial charge in [-0.2, -0.15) is 0 Å². The highest BCUT2D eigenvalue weighted by atomic mass is 35.5. The Balaban J connectivity index is 2.72. The second kappa shape index (κ2) is 3.84. The van der Waals surface area contributed by atoms with Crippen molar-refractivity contribution in [2.24, 2.45) is 7.05 Å². The number of nitrogens with zero attached hydrogens (tertiary/aromatic N) is 3. The maximum absolute atomic E-state index is 11.7. The van der Waals surface area contributed by atoms with Gasteiger partial charge in [0.15, 0.2) is 0 Å². The maximum atomic E-state index is 11.7. The van der Waals surface area contributed by atoms with Gasteiger partial charge in [0.05, 0.1) is 5.69 Å². The van der Waals surface area contributed by atoms with Crippen molar-refractivity contribution >= 4 is 29.2 Å². The second-order valence-corrected chi connectivity index (χ2v) is 4.10.